The third-order valence-electron chi connectivity index (χ3n) is 3.41. The number of nitroso groups, excluding NO2 is 1. The first-order valence-corrected chi connectivity index (χ1v) is 4.92. The lowest BCUT2D eigenvalue weighted by Crippen LogP contribution is -2.38. The van der Waals surface area contributed by atoms with Gasteiger partial charge < -0.3 is 0 Å². The summed E-state index contributed by atoms with van der Waals surface area (Å²) in [5.74, 6) is -2.24. The van der Waals surface area contributed by atoms with Crippen molar-refractivity contribution < 1.29 is 13.2 Å². The first-order chi connectivity index (χ1) is 6.45. The number of hydrogen-bond donors (Lipinski definition) is 0. The number of nitrogens with zero attached hydrogens (tertiary/aromatic N) is 1. The predicted octanol–water partition coefficient (Wildman–Crippen LogP) is 2.95. The second-order valence-electron chi connectivity index (χ2n) is 4.08. The van der Waals surface area contributed by atoms with E-state index in [9.17, 15) is 18.1 Å². The minimum Gasteiger partial charge on any atom is -0.171 e. The van der Waals surface area contributed by atoms with Crippen molar-refractivity contribution in [1.82, 2.24) is 0 Å². The van der Waals surface area contributed by atoms with Gasteiger partial charge in [-0.2, -0.15) is 18.1 Å². The van der Waals surface area contributed by atoms with Gasteiger partial charge in [0.1, 0.15) is 6.04 Å². The highest BCUT2D eigenvalue weighted by atomic mass is 35.5. The molecule has 0 aromatic rings. The first kappa shape index (κ1) is 10.2. The van der Waals surface area contributed by atoms with Crippen LogP contribution in [0.4, 0.5) is 13.2 Å². The maximum atomic E-state index is 12.5. The van der Waals surface area contributed by atoms with E-state index in [1.54, 1.807) is 0 Å². The van der Waals surface area contributed by atoms with Crippen LogP contribution in [-0.2, 0) is 0 Å². The van der Waals surface area contributed by atoms with Crippen LogP contribution in [0.25, 0.3) is 0 Å². The number of halogens is 4. The summed E-state index contributed by atoms with van der Waals surface area (Å²) in [6.07, 6.45) is -3.75. The van der Waals surface area contributed by atoms with Crippen molar-refractivity contribution in [3.63, 3.8) is 0 Å². The molecule has 2 fully saturated rings. The van der Waals surface area contributed by atoms with E-state index < -0.39 is 29.4 Å². The van der Waals surface area contributed by atoms with Gasteiger partial charge in [-0.25, -0.2) is 0 Å². The van der Waals surface area contributed by atoms with Gasteiger partial charge in [0.15, 0.2) is 0 Å². The van der Waals surface area contributed by atoms with E-state index in [1.807, 2.05) is 0 Å². The lowest BCUT2D eigenvalue weighted by molar-refractivity contribution is -0.188. The highest BCUT2D eigenvalue weighted by Gasteiger charge is 2.60. The van der Waals surface area contributed by atoms with Gasteiger partial charge in [0, 0.05) is 0 Å². The molecule has 0 saturated heterocycles. The van der Waals surface area contributed by atoms with Crippen LogP contribution in [0.3, 0.4) is 0 Å². The molecule has 2 nitrogen and oxygen atoms in total. The summed E-state index contributed by atoms with van der Waals surface area (Å²) in [4.78, 5) is 10.4. The number of fused-ring (bicyclic) bond motifs is 2. The zero-order chi connectivity index (χ0) is 10.5. The van der Waals surface area contributed by atoms with Crippen molar-refractivity contribution in [1.29, 1.82) is 0 Å². The quantitative estimate of drug-likeness (QED) is 0.500. The molecule has 2 rings (SSSR count). The monoisotopic (exact) mass is 227 g/mol. The molecule has 2 aliphatic carbocycles. The SMILES string of the molecule is O=NC1C(Cl)C2CC1C(C(F)(F)F)C2. The molecular weight excluding hydrogens is 219 g/mol. The van der Waals surface area contributed by atoms with Gasteiger partial charge in [-0.3, -0.25) is 0 Å². The summed E-state index contributed by atoms with van der Waals surface area (Å²) >= 11 is 5.83. The summed E-state index contributed by atoms with van der Waals surface area (Å²) in [5, 5.41) is 2.24. The van der Waals surface area contributed by atoms with E-state index in [0.29, 0.717) is 6.42 Å². The van der Waals surface area contributed by atoms with Crippen molar-refractivity contribution in [2.24, 2.45) is 22.9 Å². The first-order valence-electron chi connectivity index (χ1n) is 4.48. The van der Waals surface area contributed by atoms with Gasteiger partial charge in [-0.05, 0) is 24.7 Å². The summed E-state index contributed by atoms with van der Waals surface area (Å²) in [6, 6.07) is -0.845. The van der Waals surface area contributed by atoms with Crippen LogP contribution in [0.1, 0.15) is 12.8 Å². The molecule has 0 aromatic carbocycles. The lowest BCUT2D eigenvalue weighted by atomic mass is 9.85. The molecule has 0 aliphatic heterocycles. The maximum absolute atomic E-state index is 12.5. The van der Waals surface area contributed by atoms with Crippen LogP contribution in [0.5, 0.6) is 0 Å². The molecule has 0 radical (unpaired) electrons. The van der Waals surface area contributed by atoms with Crippen LogP contribution >= 0.6 is 11.6 Å². The molecule has 5 atom stereocenters. The summed E-state index contributed by atoms with van der Waals surface area (Å²) < 4.78 is 37.4. The average Bonchev–Trinajstić information content (AvgIpc) is 2.59. The highest BCUT2D eigenvalue weighted by molar-refractivity contribution is 6.21. The Kier molecular flexibility index (Phi) is 2.25. The second-order valence-corrected chi connectivity index (χ2v) is 4.59. The maximum Gasteiger partial charge on any atom is 0.392 e. The third-order valence-corrected chi connectivity index (χ3v) is 4.02. The molecule has 0 spiro atoms. The molecule has 2 saturated carbocycles. The van der Waals surface area contributed by atoms with Gasteiger partial charge >= 0.3 is 6.18 Å². The summed E-state index contributed by atoms with van der Waals surface area (Å²) in [7, 11) is 0. The predicted molar refractivity (Wildman–Crippen MR) is 45.0 cm³/mol. The minimum absolute atomic E-state index is 0.0638. The Morgan fingerprint density at radius 1 is 1.29 bits per heavy atom. The van der Waals surface area contributed by atoms with Crippen molar-refractivity contribution in [2.75, 3.05) is 0 Å². The Morgan fingerprint density at radius 3 is 2.36 bits per heavy atom. The van der Waals surface area contributed by atoms with E-state index in [4.69, 9.17) is 11.6 Å². The molecule has 0 amide bonds. The van der Waals surface area contributed by atoms with Gasteiger partial charge in [0.25, 0.3) is 0 Å². The van der Waals surface area contributed by atoms with Gasteiger partial charge in [0.2, 0.25) is 0 Å². The summed E-state index contributed by atoms with van der Waals surface area (Å²) in [5.41, 5.74) is 0. The molecule has 14 heavy (non-hydrogen) atoms. The Morgan fingerprint density at radius 2 is 1.93 bits per heavy atom. The van der Waals surface area contributed by atoms with E-state index in [-0.39, 0.29) is 12.3 Å². The van der Waals surface area contributed by atoms with E-state index in [2.05, 4.69) is 5.18 Å². The molecule has 5 unspecified atom stereocenters. The van der Waals surface area contributed by atoms with Crippen LogP contribution in [0, 0.1) is 22.7 Å². The third kappa shape index (κ3) is 1.33. The van der Waals surface area contributed by atoms with Crippen molar-refractivity contribution in [3.05, 3.63) is 4.91 Å². The van der Waals surface area contributed by atoms with Crippen LogP contribution < -0.4 is 0 Å². The Hall–Kier alpha value is -0.320. The molecule has 0 heterocycles. The molecule has 2 bridgehead atoms. The van der Waals surface area contributed by atoms with Crippen LogP contribution in [-0.4, -0.2) is 17.6 Å². The van der Waals surface area contributed by atoms with Crippen molar-refractivity contribution in [2.45, 2.75) is 30.4 Å². The molecule has 80 valence electrons. The summed E-state index contributed by atoms with van der Waals surface area (Å²) in [6.45, 7) is 0. The van der Waals surface area contributed by atoms with E-state index >= 15 is 0 Å². The zero-order valence-electron chi connectivity index (χ0n) is 7.17. The smallest absolute Gasteiger partial charge is 0.171 e. The molecule has 0 N–H and O–H groups in total. The second kappa shape index (κ2) is 3.08. The highest BCUT2D eigenvalue weighted by Crippen LogP contribution is 2.56. The average molecular weight is 228 g/mol. The van der Waals surface area contributed by atoms with Gasteiger partial charge in [-0.1, -0.05) is 5.18 Å². The zero-order valence-corrected chi connectivity index (χ0v) is 7.92. The normalized spacial score (nSPS) is 47.0. The molecular formula is C8H9ClF3NO. The Bertz CT molecular complexity index is 257. The van der Waals surface area contributed by atoms with Crippen LogP contribution in [0.2, 0.25) is 0 Å². The lowest BCUT2D eigenvalue weighted by Gasteiger charge is -2.29. The van der Waals surface area contributed by atoms with E-state index in [0.717, 1.165) is 0 Å². The van der Waals surface area contributed by atoms with Crippen molar-refractivity contribution in [3.8, 4) is 0 Å². The molecule has 2 aliphatic rings. The largest absolute Gasteiger partial charge is 0.392 e. The fourth-order valence-electron chi connectivity index (χ4n) is 2.78. The fraction of sp³-hybridized carbons (Fsp3) is 1.00. The number of rotatable bonds is 1. The number of alkyl halides is 4. The van der Waals surface area contributed by atoms with Crippen molar-refractivity contribution >= 4 is 11.6 Å². The van der Waals surface area contributed by atoms with E-state index in [1.165, 1.54) is 0 Å². The van der Waals surface area contributed by atoms with Gasteiger partial charge in [0.05, 0.1) is 11.3 Å². The number of hydrogen-bond acceptors (Lipinski definition) is 2. The topological polar surface area (TPSA) is 29.4 Å². The Labute approximate surface area is 83.8 Å². The molecule has 0 aromatic heterocycles. The molecule has 6 heteroatoms. The fourth-order valence-corrected chi connectivity index (χ4v) is 3.21. The Balaban J connectivity index is 2.19. The van der Waals surface area contributed by atoms with Gasteiger partial charge in [-0.15, -0.1) is 11.6 Å². The van der Waals surface area contributed by atoms with Crippen LogP contribution in [0.15, 0.2) is 5.18 Å². The standard InChI is InChI=1S/C8H9ClF3NO/c9-6-3-1-4(7(6)13-14)5(2-3)8(10,11)12/h3-7H,1-2H2. The minimum atomic E-state index is -4.21.